The van der Waals surface area contributed by atoms with Gasteiger partial charge in [-0.15, -0.1) is 6.58 Å². The van der Waals surface area contributed by atoms with Crippen molar-refractivity contribution in [2.75, 3.05) is 27.4 Å². The van der Waals surface area contributed by atoms with Crippen LogP contribution in [0.2, 0.25) is 0 Å². The van der Waals surface area contributed by atoms with Crippen LogP contribution in [0.5, 0.6) is 23.0 Å². The Balaban J connectivity index is 1.75. The first-order chi connectivity index (χ1) is 13.2. The maximum absolute atomic E-state index is 12.6. The number of rotatable bonds is 7. The summed E-state index contributed by atoms with van der Waals surface area (Å²) in [7, 11) is 3.12. The molecule has 0 bridgehead atoms. The number of nitrogens with one attached hydrogen (secondary N) is 1. The predicted molar refractivity (Wildman–Crippen MR) is 102 cm³/mol. The summed E-state index contributed by atoms with van der Waals surface area (Å²) in [5, 5.41) is 2.92. The van der Waals surface area contributed by atoms with Crippen LogP contribution in [-0.4, -0.2) is 33.3 Å². The normalized spacial score (nSPS) is 12.2. The molecule has 1 aliphatic heterocycles. The van der Waals surface area contributed by atoms with Gasteiger partial charge in [0.1, 0.15) is 13.2 Å². The molecule has 6 heteroatoms. The summed E-state index contributed by atoms with van der Waals surface area (Å²) < 4.78 is 21.9. The highest BCUT2D eigenvalue weighted by Gasteiger charge is 2.16. The predicted octanol–water partition coefficient (Wildman–Crippen LogP) is 3.13. The summed E-state index contributed by atoms with van der Waals surface area (Å²) in [5.41, 5.74) is 2.28. The van der Waals surface area contributed by atoms with Crippen LogP contribution in [0.15, 0.2) is 43.0 Å². The fourth-order valence-corrected chi connectivity index (χ4v) is 2.96. The van der Waals surface area contributed by atoms with E-state index in [4.69, 9.17) is 18.9 Å². The number of amides is 1. The van der Waals surface area contributed by atoms with Gasteiger partial charge in [0.25, 0.3) is 5.91 Å². The van der Waals surface area contributed by atoms with Crippen molar-refractivity contribution < 1.29 is 23.7 Å². The van der Waals surface area contributed by atoms with E-state index in [0.717, 1.165) is 16.9 Å². The molecule has 6 nitrogen and oxygen atoms in total. The molecule has 0 saturated carbocycles. The van der Waals surface area contributed by atoms with Crippen molar-refractivity contribution in [1.29, 1.82) is 0 Å². The number of carbonyl (C=O) groups excluding carboxylic acids is 1. The van der Waals surface area contributed by atoms with Gasteiger partial charge in [0.05, 0.1) is 14.2 Å². The van der Waals surface area contributed by atoms with E-state index in [1.165, 1.54) is 0 Å². The average Bonchev–Trinajstić information content (AvgIpc) is 2.71. The number of allylic oxidation sites excluding steroid dienone is 1. The van der Waals surface area contributed by atoms with E-state index in [9.17, 15) is 4.79 Å². The second-order valence-corrected chi connectivity index (χ2v) is 6.02. The SMILES string of the molecule is C=CCc1cc(C(=O)NCc2ccc3c(c2)OCCO3)cc(OC)c1OC. The van der Waals surface area contributed by atoms with Gasteiger partial charge in [-0.05, 0) is 36.2 Å². The van der Waals surface area contributed by atoms with Crippen molar-refractivity contribution in [2.24, 2.45) is 0 Å². The van der Waals surface area contributed by atoms with Gasteiger partial charge < -0.3 is 24.3 Å². The van der Waals surface area contributed by atoms with Crippen molar-refractivity contribution in [2.45, 2.75) is 13.0 Å². The van der Waals surface area contributed by atoms with Crippen LogP contribution in [0.25, 0.3) is 0 Å². The van der Waals surface area contributed by atoms with Crippen LogP contribution in [-0.2, 0) is 13.0 Å². The van der Waals surface area contributed by atoms with Crippen LogP contribution < -0.4 is 24.3 Å². The molecular weight excluding hydrogens is 346 g/mol. The van der Waals surface area contributed by atoms with Crippen molar-refractivity contribution >= 4 is 5.91 Å². The lowest BCUT2D eigenvalue weighted by atomic mass is 10.0. The number of hydrogen-bond acceptors (Lipinski definition) is 5. The number of methoxy groups -OCH3 is 2. The van der Waals surface area contributed by atoms with Crippen molar-refractivity contribution in [3.05, 3.63) is 59.7 Å². The van der Waals surface area contributed by atoms with E-state index in [-0.39, 0.29) is 5.91 Å². The van der Waals surface area contributed by atoms with Gasteiger partial charge >= 0.3 is 0 Å². The second kappa shape index (κ2) is 8.49. The standard InChI is InChI=1S/C21H23NO5/c1-4-5-15-11-16(12-19(24-2)20(15)25-3)21(23)22-13-14-6-7-17-18(10-14)27-9-8-26-17/h4,6-7,10-12H,1,5,8-9,13H2,2-3H3,(H,22,23). The summed E-state index contributed by atoms with van der Waals surface area (Å²) in [6, 6.07) is 9.11. The largest absolute Gasteiger partial charge is 0.493 e. The van der Waals surface area contributed by atoms with Gasteiger partial charge in [0.2, 0.25) is 0 Å². The quantitative estimate of drug-likeness (QED) is 0.760. The minimum Gasteiger partial charge on any atom is -0.493 e. The lowest BCUT2D eigenvalue weighted by Gasteiger charge is -2.19. The lowest BCUT2D eigenvalue weighted by Crippen LogP contribution is -2.23. The molecule has 27 heavy (non-hydrogen) atoms. The van der Waals surface area contributed by atoms with Crippen molar-refractivity contribution in [3.63, 3.8) is 0 Å². The number of carbonyl (C=O) groups is 1. The molecule has 1 aliphatic rings. The van der Waals surface area contributed by atoms with Crippen LogP contribution in [0.1, 0.15) is 21.5 Å². The molecule has 142 valence electrons. The fraction of sp³-hybridized carbons (Fsp3) is 0.286. The van der Waals surface area contributed by atoms with E-state index < -0.39 is 0 Å². The first-order valence-electron chi connectivity index (χ1n) is 8.68. The second-order valence-electron chi connectivity index (χ2n) is 6.02. The van der Waals surface area contributed by atoms with Gasteiger partial charge in [-0.3, -0.25) is 4.79 Å². The van der Waals surface area contributed by atoms with Gasteiger partial charge in [-0.2, -0.15) is 0 Å². The third kappa shape index (κ3) is 4.16. The molecule has 3 rings (SSSR count). The minimum atomic E-state index is -0.198. The lowest BCUT2D eigenvalue weighted by molar-refractivity contribution is 0.0950. The Kier molecular flexibility index (Phi) is 5.86. The van der Waals surface area contributed by atoms with Gasteiger partial charge in [0, 0.05) is 17.7 Å². The number of ether oxygens (including phenoxy) is 4. The van der Waals surface area contributed by atoms with Gasteiger partial charge in [-0.1, -0.05) is 12.1 Å². The number of hydrogen-bond donors (Lipinski definition) is 1. The molecule has 0 atom stereocenters. The molecule has 0 aliphatic carbocycles. The van der Waals surface area contributed by atoms with E-state index in [0.29, 0.717) is 49.0 Å². The average molecular weight is 369 g/mol. The zero-order valence-corrected chi connectivity index (χ0v) is 15.5. The molecule has 2 aromatic rings. The molecule has 1 N–H and O–H groups in total. The third-order valence-electron chi connectivity index (χ3n) is 4.24. The van der Waals surface area contributed by atoms with E-state index >= 15 is 0 Å². The third-order valence-corrected chi connectivity index (χ3v) is 4.24. The first-order valence-corrected chi connectivity index (χ1v) is 8.68. The molecule has 1 amide bonds. The smallest absolute Gasteiger partial charge is 0.251 e. The molecule has 0 saturated heterocycles. The summed E-state index contributed by atoms with van der Waals surface area (Å²) in [6.07, 6.45) is 2.33. The van der Waals surface area contributed by atoms with E-state index in [1.807, 2.05) is 18.2 Å². The monoisotopic (exact) mass is 369 g/mol. The van der Waals surface area contributed by atoms with Gasteiger partial charge in [-0.25, -0.2) is 0 Å². The molecule has 0 radical (unpaired) electrons. The van der Waals surface area contributed by atoms with E-state index in [1.54, 1.807) is 32.4 Å². The zero-order chi connectivity index (χ0) is 19.2. The first kappa shape index (κ1) is 18.6. The molecule has 0 fully saturated rings. The summed E-state index contributed by atoms with van der Waals surface area (Å²) in [5.74, 6) is 2.36. The highest BCUT2D eigenvalue weighted by Crippen LogP contribution is 2.33. The Morgan fingerprint density at radius 3 is 2.63 bits per heavy atom. The Morgan fingerprint density at radius 2 is 1.93 bits per heavy atom. The molecule has 0 aromatic heterocycles. The highest BCUT2D eigenvalue weighted by atomic mass is 16.6. The molecule has 1 heterocycles. The topological polar surface area (TPSA) is 66.0 Å². The molecule has 0 spiro atoms. The van der Waals surface area contributed by atoms with Gasteiger partial charge in [0.15, 0.2) is 23.0 Å². The highest BCUT2D eigenvalue weighted by molar-refractivity contribution is 5.95. The summed E-state index contributed by atoms with van der Waals surface area (Å²) in [4.78, 5) is 12.6. The minimum absolute atomic E-state index is 0.198. The maximum atomic E-state index is 12.6. The Bertz CT molecular complexity index is 847. The number of fused-ring (bicyclic) bond motifs is 1. The molecular formula is C21H23NO5. The van der Waals surface area contributed by atoms with Crippen molar-refractivity contribution in [1.82, 2.24) is 5.32 Å². The molecule has 0 unspecified atom stereocenters. The van der Waals surface area contributed by atoms with Crippen LogP contribution >= 0.6 is 0 Å². The van der Waals surface area contributed by atoms with E-state index in [2.05, 4.69) is 11.9 Å². The molecule has 2 aromatic carbocycles. The zero-order valence-electron chi connectivity index (χ0n) is 15.5. The number of benzene rings is 2. The Hall–Kier alpha value is -3.15. The maximum Gasteiger partial charge on any atom is 0.251 e. The summed E-state index contributed by atoms with van der Waals surface area (Å²) in [6.45, 7) is 5.21. The fourth-order valence-electron chi connectivity index (χ4n) is 2.96. The Morgan fingerprint density at radius 1 is 1.15 bits per heavy atom. The Labute approximate surface area is 158 Å². The van der Waals surface area contributed by atoms with Crippen molar-refractivity contribution in [3.8, 4) is 23.0 Å². The van der Waals surface area contributed by atoms with Crippen LogP contribution in [0.4, 0.5) is 0 Å². The summed E-state index contributed by atoms with van der Waals surface area (Å²) >= 11 is 0. The van der Waals surface area contributed by atoms with Crippen LogP contribution in [0.3, 0.4) is 0 Å². The van der Waals surface area contributed by atoms with Crippen LogP contribution in [0, 0.1) is 0 Å².